The first-order chi connectivity index (χ1) is 9.97. The van der Waals surface area contributed by atoms with Crippen LogP contribution in [0.1, 0.15) is 28.2 Å². The van der Waals surface area contributed by atoms with Crippen molar-refractivity contribution in [1.82, 2.24) is 20.1 Å². The van der Waals surface area contributed by atoms with E-state index in [0.29, 0.717) is 17.1 Å². The van der Waals surface area contributed by atoms with Gasteiger partial charge in [0.05, 0.1) is 16.3 Å². The van der Waals surface area contributed by atoms with Gasteiger partial charge in [-0.2, -0.15) is 5.10 Å². The Balaban J connectivity index is 1.84. The highest BCUT2D eigenvalue weighted by molar-refractivity contribution is 6.33. The summed E-state index contributed by atoms with van der Waals surface area (Å²) in [6.07, 6.45) is 2.16. The summed E-state index contributed by atoms with van der Waals surface area (Å²) in [6.45, 7) is 5.27. The molecule has 3 N–H and O–H groups in total. The number of halogens is 1. The topological polar surface area (TPSA) is 85.8 Å². The largest absolute Gasteiger partial charge is 0.384 e. The zero-order chi connectivity index (χ0) is 15.4. The van der Waals surface area contributed by atoms with Gasteiger partial charge < -0.3 is 11.1 Å². The minimum atomic E-state index is -0.248. The number of nitrogens with zero attached hydrogens (tertiary/aromatic N) is 3. The van der Waals surface area contributed by atoms with Crippen molar-refractivity contribution < 1.29 is 4.79 Å². The standard InChI is InChI=1S/C14H18ClN5O/c1-9-6-10(2)20(19-9)5-3-4-17-14(21)11-7-13(16)18-8-12(11)15/h6-8H,3-5H2,1-2H3,(H2,16,18)(H,17,21). The Hall–Kier alpha value is -2.08. The van der Waals surface area contributed by atoms with E-state index in [4.69, 9.17) is 17.3 Å². The number of carbonyl (C=O) groups is 1. The Kier molecular flexibility index (Phi) is 4.80. The van der Waals surface area contributed by atoms with Gasteiger partial charge in [-0.3, -0.25) is 9.48 Å². The van der Waals surface area contributed by atoms with Crippen LogP contribution < -0.4 is 11.1 Å². The van der Waals surface area contributed by atoms with E-state index in [1.165, 1.54) is 12.3 Å². The van der Waals surface area contributed by atoms with E-state index in [-0.39, 0.29) is 11.7 Å². The Morgan fingerprint density at radius 3 is 2.86 bits per heavy atom. The molecule has 0 saturated heterocycles. The normalized spacial score (nSPS) is 10.6. The second-order valence-corrected chi connectivity index (χ2v) is 5.26. The van der Waals surface area contributed by atoms with Crippen LogP contribution >= 0.6 is 11.6 Å². The minimum absolute atomic E-state index is 0.248. The van der Waals surface area contributed by atoms with Crippen LogP contribution in [-0.2, 0) is 6.54 Å². The van der Waals surface area contributed by atoms with E-state index in [0.717, 1.165) is 24.4 Å². The number of nitrogen functional groups attached to an aromatic ring is 1. The fourth-order valence-corrected chi connectivity index (χ4v) is 2.25. The van der Waals surface area contributed by atoms with Crippen LogP contribution in [0.4, 0.5) is 5.82 Å². The Bertz CT molecular complexity index is 653. The molecule has 2 aromatic rings. The fraction of sp³-hybridized carbons (Fsp3) is 0.357. The van der Waals surface area contributed by atoms with Crippen molar-refractivity contribution in [3.63, 3.8) is 0 Å². The lowest BCUT2D eigenvalue weighted by Gasteiger charge is -2.08. The summed E-state index contributed by atoms with van der Waals surface area (Å²) in [4.78, 5) is 15.8. The van der Waals surface area contributed by atoms with Crippen molar-refractivity contribution in [3.8, 4) is 0 Å². The maximum Gasteiger partial charge on any atom is 0.252 e. The van der Waals surface area contributed by atoms with Gasteiger partial charge in [-0.1, -0.05) is 11.6 Å². The van der Waals surface area contributed by atoms with Gasteiger partial charge in [0.1, 0.15) is 5.82 Å². The summed E-state index contributed by atoms with van der Waals surface area (Å²) in [5.74, 6) is 0.0228. The summed E-state index contributed by atoms with van der Waals surface area (Å²) >= 11 is 5.93. The van der Waals surface area contributed by atoms with E-state index < -0.39 is 0 Å². The quantitative estimate of drug-likeness (QED) is 0.827. The Labute approximate surface area is 128 Å². The van der Waals surface area contributed by atoms with E-state index in [2.05, 4.69) is 15.4 Å². The van der Waals surface area contributed by atoms with E-state index in [1.807, 2.05) is 24.6 Å². The molecule has 0 aliphatic rings. The molecule has 0 bridgehead atoms. The van der Waals surface area contributed by atoms with Crippen molar-refractivity contribution in [3.05, 3.63) is 40.3 Å². The summed E-state index contributed by atoms with van der Waals surface area (Å²) in [5, 5.41) is 7.48. The van der Waals surface area contributed by atoms with Gasteiger partial charge in [0.2, 0.25) is 0 Å². The Morgan fingerprint density at radius 1 is 1.43 bits per heavy atom. The minimum Gasteiger partial charge on any atom is -0.384 e. The smallest absolute Gasteiger partial charge is 0.252 e. The van der Waals surface area contributed by atoms with Crippen LogP contribution in [0.15, 0.2) is 18.3 Å². The first-order valence-electron chi connectivity index (χ1n) is 6.67. The highest BCUT2D eigenvalue weighted by Gasteiger charge is 2.10. The number of carbonyl (C=O) groups excluding carboxylic acids is 1. The van der Waals surface area contributed by atoms with Gasteiger partial charge in [0.15, 0.2) is 0 Å². The maximum atomic E-state index is 12.0. The number of anilines is 1. The number of nitrogens with two attached hydrogens (primary N) is 1. The Morgan fingerprint density at radius 2 is 2.19 bits per heavy atom. The summed E-state index contributed by atoms with van der Waals surface area (Å²) in [5.41, 5.74) is 8.01. The summed E-state index contributed by atoms with van der Waals surface area (Å²) in [7, 11) is 0. The van der Waals surface area contributed by atoms with Gasteiger partial charge in [0.25, 0.3) is 5.91 Å². The number of rotatable bonds is 5. The van der Waals surface area contributed by atoms with Gasteiger partial charge in [0, 0.05) is 25.0 Å². The fourth-order valence-electron chi connectivity index (χ4n) is 2.06. The average Bonchev–Trinajstić information content (AvgIpc) is 2.75. The molecule has 1 amide bonds. The van der Waals surface area contributed by atoms with Gasteiger partial charge in [-0.25, -0.2) is 4.98 Å². The van der Waals surface area contributed by atoms with Crippen LogP contribution in [0.5, 0.6) is 0 Å². The predicted molar refractivity (Wildman–Crippen MR) is 82.3 cm³/mol. The lowest BCUT2D eigenvalue weighted by atomic mass is 10.2. The molecule has 2 aromatic heterocycles. The van der Waals surface area contributed by atoms with E-state index in [1.54, 1.807) is 0 Å². The van der Waals surface area contributed by atoms with Gasteiger partial charge in [-0.15, -0.1) is 0 Å². The molecule has 0 unspecified atom stereocenters. The summed E-state index contributed by atoms with van der Waals surface area (Å²) in [6, 6.07) is 3.50. The molecule has 7 heteroatoms. The molecule has 2 heterocycles. The van der Waals surface area contributed by atoms with Crippen LogP contribution in [0.3, 0.4) is 0 Å². The third-order valence-electron chi connectivity index (χ3n) is 3.06. The number of aromatic nitrogens is 3. The molecule has 0 aliphatic carbocycles. The second-order valence-electron chi connectivity index (χ2n) is 4.85. The van der Waals surface area contributed by atoms with Crippen molar-refractivity contribution in [2.45, 2.75) is 26.8 Å². The highest BCUT2D eigenvalue weighted by Crippen LogP contribution is 2.16. The van der Waals surface area contributed by atoms with E-state index >= 15 is 0 Å². The van der Waals surface area contributed by atoms with Crippen LogP contribution in [0, 0.1) is 13.8 Å². The predicted octanol–water partition coefficient (Wildman–Crippen LogP) is 1.95. The van der Waals surface area contributed by atoms with E-state index in [9.17, 15) is 4.79 Å². The highest BCUT2D eigenvalue weighted by atomic mass is 35.5. The van der Waals surface area contributed by atoms with Gasteiger partial charge >= 0.3 is 0 Å². The molecule has 112 valence electrons. The number of hydrogen-bond donors (Lipinski definition) is 2. The van der Waals surface area contributed by atoms with Crippen LogP contribution in [-0.4, -0.2) is 27.2 Å². The van der Waals surface area contributed by atoms with Gasteiger partial charge in [-0.05, 0) is 32.4 Å². The zero-order valence-electron chi connectivity index (χ0n) is 12.1. The zero-order valence-corrected chi connectivity index (χ0v) is 12.8. The number of hydrogen-bond acceptors (Lipinski definition) is 4. The third kappa shape index (κ3) is 3.95. The molecular formula is C14H18ClN5O. The maximum absolute atomic E-state index is 12.0. The van der Waals surface area contributed by atoms with Crippen LogP contribution in [0.2, 0.25) is 5.02 Å². The second kappa shape index (κ2) is 6.58. The van der Waals surface area contributed by atoms with Crippen molar-refractivity contribution in [2.24, 2.45) is 0 Å². The number of aryl methyl sites for hydroxylation is 3. The molecule has 0 aliphatic heterocycles. The average molecular weight is 308 g/mol. The monoisotopic (exact) mass is 307 g/mol. The lowest BCUT2D eigenvalue weighted by Crippen LogP contribution is -2.26. The van der Waals surface area contributed by atoms with Crippen molar-refractivity contribution >= 4 is 23.3 Å². The first kappa shape index (κ1) is 15.3. The molecule has 0 fully saturated rings. The van der Waals surface area contributed by atoms with Crippen LogP contribution in [0.25, 0.3) is 0 Å². The van der Waals surface area contributed by atoms with Crippen molar-refractivity contribution in [2.75, 3.05) is 12.3 Å². The van der Waals surface area contributed by atoms with Crippen molar-refractivity contribution in [1.29, 1.82) is 0 Å². The molecule has 0 saturated carbocycles. The molecule has 21 heavy (non-hydrogen) atoms. The first-order valence-corrected chi connectivity index (χ1v) is 7.05. The third-order valence-corrected chi connectivity index (χ3v) is 3.36. The molecule has 6 nitrogen and oxygen atoms in total. The molecule has 0 spiro atoms. The number of pyridine rings is 1. The molecule has 0 atom stereocenters. The molecular weight excluding hydrogens is 290 g/mol. The number of amides is 1. The molecule has 0 aromatic carbocycles. The molecule has 2 rings (SSSR count). The SMILES string of the molecule is Cc1cc(C)n(CCCNC(=O)c2cc(N)ncc2Cl)n1. The lowest BCUT2D eigenvalue weighted by molar-refractivity contribution is 0.0952. The summed E-state index contributed by atoms with van der Waals surface area (Å²) < 4.78 is 1.93. The molecule has 0 radical (unpaired) electrons. The number of nitrogens with one attached hydrogen (secondary N) is 1.